The van der Waals surface area contributed by atoms with Gasteiger partial charge in [-0.2, -0.15) is 0 Å². The minimum Gasteiger partial charge on any atom is -0.319 e. The lowest BCUT2D eigenvalue weighted by atomic mass is 9.97. The molecule has 0 saturated carbocycles. The second-order valence-electron chi connectivity index (χ2n) is 9.76. The van der Waals surface area contributed by atoms with Crippen LogP contribution in [0.5, 0.6) is 0 Å². The van der Waals surface area contributed by atoms with Gasteiger partial charge in [0.15, 0.2) is 0 Å². The van der Waals surface area contributed by atoms with Crippen LogP contribution in [0.3, 0.4) is 0 Å². The smallest absolute Gasteiger partial charge is 0.135 e. The SMILES string of the molecule is C=C(C)C(c1ccccc1)[N+](C)(C)CCCCCCCCCCCCCCCC. The van der Waals surface area contributed by atoms with Gasteiger partial charge in [-0.05, 0) is 25.3 Å². The normalized spacial score (nSPS) is 12.8. The molecule has 0 fully saturated rings. The van der Waals surface area contributed by atoms with Gasteiger partial charge in [-0.1, -0.05) is 121 Å². The quantitative estimate of drug-likeness (QED) is 0.131. The van der Waals surface area contributed by atoms with Crippen LogP contribution in [0.15, 0.2) is 42.5 Å². The van der Waals surface area contributed by atoms with E-state index in [1.165, 1.54) is 108 Å². The standard InChI is InChI=1S/C28H50N/c1-6-7-8-9-10-11-12-13-14-15-16-17-18-22-25-29(4,5)28(26(2)3)27-23-20-19-21-24-27/h19-21,23-24,28H,2,6-18,22,25H2,1,3-5H3/q+1. The summed E-state index contributed by atoms with van der Waals surface area (Å²) in [4.78, 5) is 0. The van der Waals surface area contributed by atoms with Crippen LogP contribution >= 0.6 is 0 Å². The molecule has 0 aromatic heterocycles. The molecule has 1 aromatic carbocycles. The number of unbranched alkanes of at least 4 members (excludes halogenated alkanes) is 13. The second-order valence-corrected chi connectivity index (χ2v) is 9.76. The molecule has 1 heteroatoms. The molecule has 1 aromatic rings. The average Bonchev–Trinajstić information content (AvgIpc) is 2.68. The van der Waals surface area contributed by atoms with E-state index >= 15 is 0 Å². The molecule has 1 nitrogen and oxygen atoms in total. The fraction of sp³-hybridized carbons (Fsp3) is 0.714. The van der Waals surface area contributed by atoms with Crippen molar-refractivity contribution in [2.24, 2.45) is 0 Å². The summed E-state index contributed by atoms with van der Waals surface area (Å²) in [7, 11) is 4.74. The molecular weight excluding hydrogens is 350 g/mol. The van der Waals surface area contributed by atoms with Crippen molar-refractivity contribution in [3.63, 3.8) is 0 Å². The molecule has 0 amide bonds. The lowest BCUT2D eigenvalue weighted by molar-refractivity contribution is -0.915. The van der Waals surface area contributed by atoms with Gasteiger partial charge in [-0.3, -0.25) is 0 Å². The number of quaternary nitrogens is 1. The maximum absolute atomic E-state index is 4.30. The largest absolute Gasteiger partial charge is 0.319 e. The van der Waals surface area contributed by atoms with Gasteiger partial charge in [0.25, 0.3) is 0 Å². The molecule has 0 heterocycles. The molecule has 0 aliphatic carbocycles. The Morgan fingerprint density at radius 1 is 0.724 bits per heavy atom. The molecule has 0 N–H and O–H groups in total. The zero-order valence-electron chi connectivity index (χ0n) is 20.2. The van der Waals surface area contributed by atoms with Gasteiger partial charge in [-0.25, -0.2) is 0 Å². The van der Waals surface area contributed by atoms with E-state index in [9.17, 15) is 0 Å². The van der Waals surface area contributed by atoms with Crippen LogP contribution in [0.2, 0.25) is 0 Å². The summed E-state index contributed by atoms with van der Waals surface area (Å²) < 4.78 is 1.01. The predicted octanol–water partition coefficient (Wildman–Crippen LogP) is 8.86. The molecular formula is C28H50N+. The first-order valence-electron chi connectivity index (χ1n) is 12.5. The first kappa shape index (κ1) is 26.0. The summed E-state index contributed by atoms with van der Waals surface area (Å²) >= 11 is 0. The molecule has 29 heavy (non-hydrogen) atoms. The van der Waals surface area contributed by atoms with Crippen molar-refractivity contribution >= 4 is 0 Å². The minimum absolute atomic E-state index is 0.401. The molecule has 0 bridgehead atoms. The van der Waals surface area contributed by atoms with E-state index in [1.807, 2.05) is 0 Å². The first-order valence-corrected chi connectivity index (χ1v) is 12.5. The highest BCUT2D eigenvalue weighted by Crippen LogP contribution is 2.31. The Labute approximate surface area is 183 Å². The van der Waals surface area contributed by atoms with Gasteiger partial charge >= 0.3 is 0 Å². The fourth-order valence-electron chi connectivity index (χ4n) is 4.76. The molecule has 1 rings (SSSR count). The van der Waals surface area contributed by atoms with Crippen molar-refractivity contribution in [1.29, 1.82) is 0 Å². The van der Waals surface area contributed by atoms with Gasteiger partial charge in [0.2, 0.25) is 0 Å². The predicted molar refractivity (Wildman–Crippen MR) is 131 cm³/mol. The Morgan fingerprint density at radius 2 is 1.14 bits per heavy atom. The van der Waals surface area contributed by atoms with Gasteiger partial charge in [0, 0.05) is 5.56 Å². The Bertz CT molecular complexity index is 516. The van der Waals surface area contributed by atoms with Crippen LogP contribution in [0.4, 0.5) is 0 Å². The van der Waals surface area contributed by atoms with E-state index in [0.717, 1.165) is 4.48 Å². The van der Waals surface area contributed by atoms with Crippen LogP contribution in [-0.2, 0) is 0 Å². The number of likely N-dealkylation sites (N-methyl/N-ethyl adjacent to an activating group) is 1. The highest BCUT2D eigenvalue weighted by molar-refractivity contribution is 5.24. The highest BCUT2D eigenvalue weighted by atomic mass is 15.3. The van der Waals surface area contributed by atoms with Crippen LogP contribution in [0, 0.1) is 0 Å². The van der Waals surface area contributed by atoms with E-state index in [1.54, 1.807) is 0 Å². The Morgan fingerprint density at radius 3 is 1.55 bits per heavy atom. The molecule has 0 aliphatic rings. The Hall–Kier alpha value is -1.08. The van der Waals surface area contributed by atoms with Crippen molar-refractivity contribution in [2.75, 3.05) is 20.6 Å². The van der Waals surface area contributed by atoms with Gasteiger partial charge in [-0.15, -0.1) is 0 Å². The molecule has 1 atom stereocenters. The van der Waals surface area contributed by atoms with Gasteiger partial charge in [0.05, 0.1) is 20.6 Å². The summed E-state index contributed by atoms with van der Waals surface area (Å²) in [5.41, 5.74) is 2.67. The zero-order valence-corrected chi connectivity index (χ0v) is 20.2. The van der Waals surface area contributed by atoms with Crippen molar-refractivity contribution in [2.45, 2.75) is 110 Å². The fourth-order valence-corrected chi connectivity index (χ4v) is 4.76. The third kappa shape index (κ3) is 11.6. The highest BCUT2D eigenvalue weighted by Gasteiger charge is 2.29. The van der Waals surface area contributed by atoms with Crippen molar-refractivity contribution in [3.8, 4) is 0 Å². The number of benzene rings is 1. The summed E-state index contributed by atoms with van der Waals surface area (Å²) in [6.45, 7) is 10.0. The third-order valence-electron chi connectivity index (χ3n) is 6.37. The van der Waals surface area contributed by atoms with Crippen LogP contribution in [0.1, 0.15) is 115 Å². The average molecular weight is 401 g/mol. The summed E-state index contributed by atoms with van der Waals surface area (Å²) in [5, 5.41) is 0. The molecule has 1 unspecified atom stereocenters. The van der Waals surface area contributed by atoms with Crippen molar-refractivity contribution < 1.29 is 4.48 Å². The summed E-state index contributed by atoms with van der Waals surface area (Å²) in [6.07, 6.45) is 19.9. The first-order chi connectivity index (χ1) is 14.0. The monoisotopic (exact) mass is 400 g/mol. The topological polar surface area (TPSA) is 0 Å². The van der Waals surface area contributed by atoms with Crippen LogP contribution in [-0.4, -0.2) is 25.1 Å². The minimum atomic E-state index is 0.401. The number of hydrogen-bond donors (Lipinski definition) is 0. The van der Waals surface area contributed by atoms with Crippen LogP contribution < -0.4 is 0 Å². The van der Waals surface area contributed by atoms with E-state index < -0.39 is 0 Å². The molecule has 0 spiro atoms. The van der Waals surface area contributed by atoms with Crippen molar-refractivity contribution in [1.82, 2.24) is 0 Å². The van der Waals surface area contributed by atoms with Crippen molar-refractivity contribution in [3.05, 3.63) is 48.0 Å². The van der Waals surface area contributed by atoms with E-state index in [-0.39, 0.29) is 0 Å². The maximum Gasteiger partial charge on any atom is 0.135 e. The van der Waals surface area contributed by atoms with Gasteiger partial charge < -0.3 is 4.48 Å². The third-order valence-corrected chi connectivity index (χ3v) is 6.37. The Kier molecular flexibility index (Phi) is 14.1. The summed E-state index contributed by atoms with van der Waals surface area (Å²) in [5.74, 6) is 0. The molecule has 0 aliphatic heterocycles. The lowest BCUT2D eigenvalue weighted by Crippen LogP contribution is -2.44. The van der Waals surface area contributed by atoms with E-state index in [0.29, 0.717) is 6.04 Å². The molecule has 166 valence electrons. The second kappa shape index (κ2) is 15.7. The summed E-state index contributed by atoms with van der Waals surface area (Å²) in [6, 6.07) is 11.3. The number of nitrogens with zero attached hydrogens (tertiary/aromatic N) is 1. The lowest BCUT2D eigenvalue weighted by Gasteiger charge is -2.39. The van der Waals surface area contributed by atoms with E-state index in [4.69, 9.17) is 0 Å². The zero-order chi connectivity index (χ0) is 21.4. The Balaban J connectivity index is 2.09. The molecule has 0 saturated heterocycles. The van der Waals surface area contributed by atoms with E-state index in [2.05, 4.69) is 64.9 Å². The maximum atomic E-state index is 4.30. The van der Waals surface area contributed by atoms with Gasteiger partial charge in [0.1, 0.15) is 6.04 Å². The van der Waals surface area contributed by atoms with Crippen LogP contribution in [0.25, 0.3) is 0 Å². The molecule has 0 radical (unpaired) electrons. The number of hydrogen-bond acceptors (Lipinski definition) is 0. The number of rotatable bonds is 18.